The van der Waals surface area contributed by atoms with Crippen LogP contribution in [0.2, 0.25) is 0 Å². The molecule has 2 aliphatic rings. The maximum absolute atomic E-state index is 13.5. The molecular weight excluding hydrogens is 404 g/mol. The van der Waals surface area contributed by atoms with Gasteiger partial charge < -0.3 is 15.0 Å². The van der Waals surface area contributed by atoms with Crippen LogP contribution in [0.4, 0.5) is 0 Å². The van der Waals surface area contributed by atoms with Crippen LogP contribution in [0.5, 0.6) is 5.75 Å². The average molecular weight is 433 g/mol. The molecule has 0 bridgehead atoms. The molecule has 5 rings (SSSR count). The van der Waals surface area contributed by atoms with Crippen LogP contribution in [0.15, 0.2) is 54.7 Å². The third-order valence-corrected chi connectivity index (χ3v) is 6.88. The van der Waals surface area contributed by atoms with Crippen molar-refractivity contribution in [1.82, 2.24) is 20.0 Å². The molecule has 7 nitrogen and oxygen atoms in total. The highest BCUT2D eigenvalue weighted by Crippen LogP contribution is 2.45. The lowest BCUT2D eigenvalue weighted by atomic mass is 9.76. The molecule has 1 spiro atoms. The molecule has 7 heteroatoms. The first-order valence-corrected chi connectivity index (χ1v) is 11.2. The first-order chi connectivity index (χ1) is 15.6. The Balaban J connectivity index is 1.42. The van der Waals surface area contributed by atoms with E-state index in [0.29, 0.717) is 25.9 Å². The van der Waals surface area contributed by atoms with Gasteiger partial charge in [-0.15, -0.1) is 0 Å². The van der Waals surface area contributed by atoms with Crippen LogP contribution in [-0.4, -0.2) is 45.7 Å². The number of fused-ring (bicyclic) bond motifs is 1. The number of aromatic nitrogens is 2. The monoisotopic (exact) mass is 432 g/mol. The summed E-state index contributed by atoms with van der Waals surface area (Å²) in [5.74, 6) is 0.934. The predicted molar refractivity (Wildman–Crippen MR) is 121 cm³/mol. The summed E-state index contributed by atoms with van der Waals surface area (Å²) in [5.41, 5.74) is 1.66. The van der Waals surface area contributed by atoms with Crippen molar-refractivity contribution in [2.75, 3.05) is 13.7 Å². The summed E-state index contributed by atoms with van der Waals surface area (Å²) in [5, 5.41) is 8.78. The summed E-state index contributed by atoms with van der Waals surface area (Å²) in [6.07, 6.45) is 5.21. The lowest BCUT2D eigenvalue weighted by molar-refractivity contribution is -0.139. The van der Waals surface area contributed by atoms with Gasteiger partial charge in [-0.1, -0.05) is 30.3 Å². The average Bonchev–Trinajstić information content (AvgIpc) is 3.41. The number of methoxy groups -OCH3 is 1. The van der Waals surface area contributed by atoms with Crippen molar-refractivity contribution in [2.24, 2.45) is 0 Å². The second-order valence-electron chi connectivity index (χ2n) is 8.75. The van der Waals surface area contributed by atoms with E-state index in [2.05, 4.69) is 10.4 Å². The van der Waals surface area contributed by atoms with Crippen LogP contribution in [0.1, 0.15) is 43.7 Å². The lowest BCUT2D eigenvalue weighted by Gasteiger charge is -2.48. The number of hydrogen-bond acceptors (Lipinski definition) is 4. The van der Waals surface area contributed by atoms with Gasteiger partial charge in [-0.2, -0.15) is 5.10 Å². The van der Waals surface area contributed by atoms with Gasteiger partial charge in [0.25, 0.3) is 0 Å². The zero-order valence-corrected chi connectivity index (χ0v) is 18.3. The number of rotatable bonds is 5. The summed E-state index contributed by atoms with van der Waals surface area (Å²) >= 11 is 0. The Morgan fingerprint density at radius 1 is 1.19 bits per heavy atom. The van der Waals surface area contributed by atoms with E-state index in [1.165, 1.54) is 0 Å². The van der Waals surface area contributed by atoms with Gasteiger partial charge in [0.05, 0.1) is 36.9 Å². The number of carbonyl (C=O) groups excluding carboxylic acids is 2. The van der Waals surface area contributed by atoms with Crippen LogP contribution in [0.25, 0.3) is 10.9 Å². The minimum Gasteiger partial charge on any atom is -0.497 e. The highest BCUT2D eigenvalue weighted by Gasteiger charge is 2.50. The number of aryl methyl sites for hydroxylation is 1. The van der Waals surface area contributed by atoms with Gasteiger partial charge in [0.2, 0.25) is 11.8 Å². The molecule has 0 unspecified atom stereocenters. The molecule has 2 saturated heterocycles. The van der Waals surface area contributed by atoms with Gasteiger partial charge in [0.1, 0.15) is 5.75 Å². The number of para-hydroxylation sites is 1. The third-order valence-electron chi connectivity index (χ3n) is 6.88. The van der Waals surface area contributed by atoms with Crippen LogP contribution in [0, 0.1) is 0 Å². The highest BCUT2D eigenvalue weighted by molar-refractivity contribution is 5.82. The number of benzene rings is 2. The van der Waals surface area contributed by atoms with Crippen molar-refractivity contribution in [2.45, 2.75) is 50.2 Å². The SMILES string of the molecule is COc1ccc([C@H]2N(C(=O)CCn3ncc4ccccc43)CCC[C@]23CCC(=O)N3)cc1. The number of likely N-dealkylation sites (tertiary alicyclic amines) is 1. The maximum Gasteiger partial charge on any atom is 0.225 e. The number of ether oxygens (including phenoxy) is 1. The Hall–Kier alpha value is -3.35. The van der Waals surface area contributed by atoms with Gasteiger partial charge in [0, 0.05) is 24.8 Å². The fourth-order valence-corrected chi connectivity index (χ4v) is 5.36. The first kappa shape index (κ1) is 20.5. The molecule has 2 amide bonds. The number of nitrogens with zero attached hydrogens (tertiary/aromatic N) is 3. The van der Waals surface area contributed by atoms with Crippen LogP contribution < -0.4 is 10.1 Å². The Labute approximate surface area is 187 Å². The number of nitrogens with one attached hydrogen (secondary N) is 1. The summed E-state index contributed by atoms with van der Waals surface area (Å²) in [6, 6.07) is 15.7. The van der Waals surface area contributed by atoms with E-state index in [1.807, 2.05) is 64.3 Å². The van der Waals surface area contributed by atoms with Crippen molar-refractivity contribution in [3.05, 3.63) is 60.3 Å². The zero-order chi connectivity index (χ0) is 22.1. The third kappa shape index (κ3) is 3.61. The molecule has 3 aromatic rings. The van der Waals surface area contributed by atoms with E-state index in [-0.39, 0.29) is 17.9 Å². The molecule has 32 heavy (non-hydrogen) atoms. The Morgan fingerprint density at radius 2 is 2.00 bits per heavy atom. The number of hydrogen-bond donors (Lipinski definition) is 1. The van der Waals surface area contributed by atoms with E-state index in [9.17, 15) is 9.59 Å². The van der Waals surface area contributed by atoms with Crippen LogP contribution >= 0.6 is 0 Å². The summed E-state index contributed by atoms with van der Waals surface area (Å²) in [6.45, 7) is 1.21. The normalized spacial score (nSPS) is 23.0. The zero-order valence-electron chi connectivity index (χ0n) is 18.3. The van der Waals surface area contributed by atoms with Crippen molar-refractivity contribution >= 4 is 22.7 Å². The highest BCUT2D eigenvalue weighted by atomic mass is 16.5. The van der Waals surface area contributed by atoms with Crippen molar-refractivity contribution in [3.8, 4) is 5.75 Å². The maximum atomic E-state index is 13.5. The lowest BCUT2D eigenvalue weighted by Crippen LogP contribution is -2.58. The smallest absolute Gasteiger partial charge is 0.225 e. The molecule has 2 aliphatic heterocycles. The fraction of sp³-hybridized carbons (Fsp3) is 0.400. The Morgan fingerprint density at radius 3 is 2.75 bits per heavy atom. The summed E-state index contributed by atoms with van der Waals surface area (Å²) < 4.78 is 7.22. The quantitative estimate of drug-likeness (QED) is 0.670. The summed E-state index contributed by atoms with van der Waals surface area (Å²) in [7, 11) is 1.64. The van der Waals surface area contributed by atoms with Gasteiger partial charge in [-0.25, -0.2) is 0 Å². The molecular formula is C25H28N4O3. The van der Waals surface area contributed by atoms with Crippen molar-refractivity contribution < 1.29 is 14.3 Å². The number of carbonyl (C=O) groups is 2. The van der Waals surface area contributed by atoms with Gasteiger partial charge in [-0.05, 0) is 43.0 Å². The Bertz CT molecular complexity index is 1140. The largest absolute Gasteiger partial charge is 0.497 e. The fourth-order valence-electron chi connectivity index (χ4n) is 5.36. The number of piperidine rings is 1. The Kier molecular flexibility index (Phi) is 5.33. The van der Waals surface area contributed by atoms with Crippen LogP contribution in [-0.2, 0) is 16.1 Å². The minimum atomic E-state index is -0.405. The molecule has 166 valence electrons. The van der Waals surface area contributed by atoms with E-state index in [4.69, 9.17) is 4.74 Å². The topological polar surface area (TPSA) is 76.5 Å². The van der Waals surface area contributed by atoms with E-state index in [1.54, 1.807) is 7.11 Å². The predicted octanol–water partition coefficient (Wildman–Crippen LogP) is 3.45. The summed E-state index contributed by atoms with van der Waals surface area (Å²) in [4.78, 5) is 27.7. The van der Waals surface area contributed by atoms with Crippen molar-refractivity contribution in [1.29, 1.82) is 0 Å². The second-order valence-corrected chi connectivity index (χ2v) is 8.75. The molecule has 1 N–H and O–H groups in total. The van der Waals surface area contributed by atoms with Gasteiger partial charge in [0.15, 0.2) is 0 Å². The van der Waals surface area contributed by atoms with Crippen LogP contribution in [0.3, 0.4) is 0 Å². The first-order valence-electron chi connectivity index (χ1n) is 11.2. The second kappa shape index (κ2) is 8.30. The van der Waals surface area contributed by atoms with E-state index >= 15 is 0 Å². The molecule has 2 aromatic carbocycles. The van der Waals surface area contributed by atoms with E-state index in [0.717, 1.165) is 41.5 Å². The molecule has 0 aliphatic carbocycles. The van der Waals surface area contributed by atoms with Gasteiger partial charge >= 0.3 is 0 Å². The number of amides is 2. The molecule has 2 atom stereocenters. The molecule has 0 radical (unpaired) electrons. The van der Waals surface area contributed by atoms with E-state index < -0.39 is 5.54 Å². The molecule has 1 aromatic heterocycles. The van der Waals surface area contributed by atoms with Gasteiger partial charge in [-0.3, -0.25) is 14.3 Å². The standard InChI is InChI=1S/C25H28N4O3/c1-32-20-9-7-18(8-10-20)24-25(14-11-22(30)27-25)13-4-15-28(24)23(31)12-16-29-21-6-3-2-5-19(21)17-26-29/h2-3,5-10,17,24H,4,11-16H2,1H3,(H,27,30)/t24-,25+/m1/s1. The molecule has 3 heterocycles. The molecule has 0 saturated carbocycles. The van der Waals surface area contributed by atoms with Crippen molar-refractivity contribution in [3.63, 3.8) is 0 Å². The minimum absolute atomic E-state index is 0.0702. The molecule has 2 fully saturated rings.